The Labute approximate surface area is 212 Å². The first-order chi connectivity index (χ1) is 16.9. The summed E-state index contributed by atoms with van der Waals surface area (Å²) in [6.45, 7) is 13.5. The fraction of sp³-hybridized carbons (Fsp3) is 0.739. The largest absolute Gasteiger partial charge is 0.563 e. The zero-order chi connectivity index (χ0) is 25.9. The molecule has 35 heavy (non-hydrogen) atoms. The van der Waals surface area contributed by atoms with Crippen LogP contribution in [-0.2, 0) is 33.5 Å². The lowest BCUT2D eigenvalue weighted by atomic mass is 10.2. The van der Waals surface area contributed by atoms with E-state index in [0.29, 0.717) is 70.0 Å². The van der Waals surface area contributed by atoms with E-state index in [1.54, 1.807) is 12.1 Å². The van der Waals surface area contributed by atoms with Gasteiger partial charge in [0.25, 0.3) is 14.5 Å². The van der Waals surface area contributed by atoms with E-state index in [2.05, 4.69) is 0 Å². The Morgan fingerprint density at radius 3 is 2.06 bits per heavy atom. The maximum absolute atomic E-state index is 11.5. The van der Waals surface area contributed by atoms with Crippen molar-refractivity contribution in [1.29, 1.82) is 0 Å². The standard InChI is InChI=1S/C23H42NO9Si2/c1-6-29-34(30-7-2)17-11-16-28-22-13-14-23(24(25)26)21(19-22)20-27-15-12-18-35(31-8-3,32-9-4)33-10-5/h13-14,19H,6-12,15-18,20H2,1-5H3/q-2. The van der Waals surface area contributed by atoms with E-state index in [1.165, 1.54) is 6.07 Å². The Morgan fingerprint density at radius 2 is 1.51 bits per heavy atom. The Balaban J connectivity index is 2.61. The lowest BCUT2D eigenvalue weighted by Gasteiger charge is -2.42. The Hall–Kier alpha value is -1.39. The van der Waals surface area contributed by atoms with Crippen LogP contribution in [0.3, 0.4) is 0 Å². The molecule has 0 fully saturated rings. The number of rotatable bonds is 22. The lowest BCUT2D eigenvalue weighted by molar-refractivity contribution is -0.386. The molecule has 0 saturated carbocycles. The third-order valence-electron chi connectivity index (χ3n) is 4.77. The molecule has 0 saturated heterocycles. The number of ether oxygens (including phenoxy) is 2. The molecular formula is C23H42NO9Si2-2. The zero-order valence-electron chi connectivity index (χ0n) is 21.8. The molecule has 203 valence electrons. The zero-order valence-corrected chi connectivity index (χ0v) is 23.8. The molecule has 0 heterocycles. The fourth-order valence-corrected chi connectivity index (χ4v) is 7.46. The van der Waals surface area contributed by atoms with Crippen LogP contribution in [0.1, 0.15) is 53.0 Å². The van der Waals surface area contributed by atoms with Crippen LogP contribution in [0.4, 0.5) is 5.69 Å². The Bertz CT molecular complexity index is 689. The van der Waals surface area contributed by atoms with Gasteiger partial charge in [-0.05, 0) is 53.2 Å². The Morgan fingerprint density at radius 1 is 0.886 bits per heavy atom. The van der Waals surface area contributed by atoms with E-state index < -0.39 is 23.0 Å². The number of nitrogens with zero attached hydrogens (tertiary/aromatic N) is 1. The number of hydrogen-bond acceptors (Lipinski definition) is 9. The number of nitro benzene ring substituents is 1. The third kappa shape index (κ3) is 12.4. The first-order valence-corrected chi connectivity index (χ1v) is 15.9. The van der Waals surface area contributed by atoms with Crippen LogP contribution in [0.5, 0.6) is 5.75 Å². The molecule has 1 aromatic rings. The molecule has 0 aliphatic carbocycles. The molecule has 0 unspecified atom stereocenters. The molecule has 10 nitrogen and oxygen atoms in total. The van der Waals surface area contributed by atoms with Gasteiger partial charge >= 0.3 is 0 Å². The summed E-state index contributed by atoms with van der Waals surface area (Å²) in [5, 5.41) is 11.5. The van der Waals surface area contributed by atoms with Gasteiger partial charge in [0.05, 0.1) is 23.7 Å². The van der Waals surface area contributed by atoms with E-state index in [0.717, 1.165) is 12.5 Å². The van der Waals surface area contributed by atoms with Crippen molar-refractivity contribution in [2.24, 2.45) is 0 Å². The van der Waals surface area contributed by atoms with Crippen LogP contribution < -0.4 is 4.74 Å². The molecule has 1 rings (SSSR count). The Kier molecular flexibility index (Phi) is 17.0. The summed E-state index contributed by atoms with van der Waals surface area (Å²) in [5.41, 5.74) is 0.487. The number of nitro groups is 1. The van der Waals surface area contributed by atoms with Gasteiger partial charge in [-0.3, -0.25) is 10.1 Å². The summed E-state index contributed by atoms with van der Waals surface area (Å²) in [6.07, 6.45) is 1.45. The van der Waals surface area contributed by atoms with Gasteiger partial charge in [0.2, 0.25) is 0 Å². The van der Waals surface area contributed by atoms with Crippen molar-refractivity contribution < 1.29 is 36.5 Å². The first kappa shape index (κ1) is 31.6. The summed E-state index contributed by atoms with van der Waals surface area (Å²) < 4.78 is 40.4. The van der Waals surface area contributed by atoms with Crippen LogP contribution in [0.15, 0.2) is 18.2 Å². The molecule has 0 aromatic heterocycles. The van der Waals surface area contributed by atoms with Gasteiger partial charge in [-0.15, -0.1) is 6.04 Å². The van der Waals surface area contributed by atoms with Gasteiger partial charge in [-0.1, -0.05) is 12.5 Å². The molecule has 0 bridgehead atoms. The average Bonchev–Trinajstić information content (AvgIpc) is 2.82. The van der Waals surface area contributed by atoms with Crippen LogP contribution in [-0.4, -0.2) is 69.3 Å². The van der Waals surface area contributed by atoms with E-state index in [1.807, 2.05) is 34.6 Å². The topological polar surface area (TPSA) is 108 Å². The summed E-state index contributed by atoms with van der Waals surface area (Å²) in [5.74, 6) is 0.575. The van der Waals surface area contributed by atoms with Crippen LogP contribution in [0, 0.1) is 10.1 Å². The summed E-state index contributed by atoms with van der Waals surface area (Å²) in [6, 6.07) is 6.19. The highest BCUT2D eigenvalue weighted by atomic mass is 28.4. The lowest BCUT2D eigenvalue weighted by Crippen LogP contribution is -2.46. The smallest absolute Gasteiger partial charge is 0.281 e. The van der Waals surface area contributed by atoms with E-state index in [4.69, 9.17) is 31.6 Å². The van der Waals surface area contributed by atoms with Gasteiger partial charge < -0.3 is 31.6 Å². The number of benzene rings is 1. The predicted molar refractivity (Wildman–Crippen MR) is 137 cm³/mol. The third-order valence-corrected chi connectivity index (χ3v) is 9.91. The summed E-state index contributed by atoms with van der Waals surface area (Å²) in [4.78, 5) is 11.1. The first-order valence-electron chi connectivity index (χ1n) is 12.5. The minimum absolute atomic E-state index is 0.0113. The minimum atomic E-state index is -2.72. The van der Waals surface area contributed by atoms with Crippen molar-refractivity contribution in [3.8, 4) is 5.75 Å². The summed E-state index contributed by atoms with van der Waals surface area (Å²) >= 11 is 0. The molecule has 0 N–H and O–H groups in total. The van der Waals surface area contributed by atoms with Crippen molar-refractivity contribution in [2.45, 2.75) is 66.2 Å². The van der Waals surface area contributed by atoms with Crippen LogP contribution in [0.2, 0.25) is 12.1 Å². The predicted octanol–water partition coefficient (Wildman–Crippen LogP) is 4.88. The average molecular weight is 533 g/mol. The van der Waals surface area contributed by atoms with Crippen LogP contribution in [0.25, 0.3) is 0 Å². The maximum Gasteiger partial charge on any atom is 0.281 e. The molecule has 0 spiro atoms. The highest BCUT2D eigenvalue weighted by Gasteiger charge is 2.24. The highest BCUT2D eigenvalue weighted by Crippen LogP contribution is 2.26. The van der Waals surface area contributed by atoms with Gasteiger partial charge in [0.1, 0.15) is 5.75 Å². The minimum Gasteiger partial charge on any atom is -0.563 e. The molecule has 12 heteroatoms. The van der Waals surface area contributed by atoms with E-state index >= 15 is 0 Å². The number of hydrogen-bond donors (Lipinski definition) is 0. The van der Waals surface area contributed by atoms with Crippen molar-refractivity contribution in [3.63, 3.8) is 0 Å². The van der Waals surface area contributed by atoms with E-state index in [9.17, 15) is 10.1 Å². The normalized spacial score (nSPS) is 11.8. The highest BCUT2D eigenvalue weighted by molar-refractivity contribution is 6.60. The second-order valence-electron chi connectivity index (χ2n) is 7.38. The van der Waals surface area contributed by atoms with Gasteiger partial charge in [0.15, 0.2) is 0 Å². The summed E-state index contributed by atoms with van der Waals surface area (Å²) in [7, 11) is -4.00. The molecular weight excluding hydrogens is 490 g/mol. The molecule has 1 aromatic carbocycles. The SMILES string of the molecule is CCO[Si-](CCCOc1ccc([N+](=O)[O-])c(COCCC[Si-](OCC)(OCC)OCC)c1)OCC. The van der Waals surface area contributed by atoms with Gasteiger partial charge in [-0.25, -0.2) is 0 Å². The fourth-order valence-electron chi connectivity index (χ4n) is 3.43. The van der Waals surface area contributed by atoms with Crippen molar-refractivity contribution in [3.05, 3.63) is 33.9 Å². The molecule has 0 aliphatic heterocycles. The molecule has 0 atom stereocenters. The second-order valence-corrected chi connectivity index (χ2v) is 11.9. The second kappa shape index (κ2) is 18.8. The van der Waals surface area contributed by atoms with Gasteiger partial charge in [-0.2, -0.15) is 0 Å². The van der Waals surface area contributed by atoms with Gasteiger partial charge in [0, 0.05) is 55.0 Å². The molecule has 0 radical (unpaired) electrons. The van der Waals surface area contributed by atoms with E-state index in [-0.39, 0.29) is 12.3 Å². The van der Waals surface area contributed by atoms with Crippen molar-refractivity contribution in [2.75, 3.05) is 46.2 Å². The monoisotopic (exact) mass is 532 g/mol. The maximum atomic E-state index is 11.5. The van der Waals surface area contributed by atoms with Crippen LogP contribution >= 0.6 is 0 Å². The molecule has 0 aliphatic rings. The van der Waals surface area contributed by atoms with Crippen molar-refractivity contribution >= 4 is 23.8 Å². The molecule has 0 amide bonds. The van der Waals surface area contributed by atoms with Crippen molar-refractivity contribution in [1.82, 2.24) is 0 Å². The quantitative estimate of drug-likeness (QED) is 0.0893.